The fraction of sp³-hybridized carbons (Fsp3) is 0.379. The Labute approximate surface area is 213 Å². The molecule has 2 saturated heterocycles. The maximum atomic E-state index is 15.7. The summed E-state index contributed by atoms with van der Waals surface area (Å²) < 4.78 is 36.7. The van der Waals surface area contributed by atoms with Gasteiger partial charge in [0, 0.05) is 31.4 Å². The second-order valence-electron chi connectivity index (χ2n) is 10.3. The van der Waals surface area contributed by atoms with Crippen LogP contribution in [0, 0.1) is 17.6 Å². The van der Waals surface area contributed by atoms with Crippen molar-refractivity contribution in [2.75, 3.05) is 31.6 Å². The van der Waals surface area contributed by atoms with Gasteiger partial charge in [0.15, 0.2) is 17.3 Å². The average molecular weight is 506 g/mol. The molecule has 1 aromatic heterocycles. The number of pyridine rings is 1. The highest BCUT2D eigenvalue weighted by Gasteiger charge is 2.38. The number of carbonyl (C=O) groups is 1. The van der Waals surface area contributed by atoms with Crippen LogP contribution in [0.1, 0.15) is 47.6 Å². The van der Waals surface area contributed by atoms with Crippen LogP contribution in [0.5, 0.6) is 5.75 Å². The summed E-state index contributed by atoms with van der Waals surface area (Å²) in [7, 11) is 1.51. The summed E-state index contributed by atoms with van der Waals surface area (Å²) in [6.07, 6.45) is 8.46. The number of ether oxygens (including phenoxy) is 1. The van der Waals surface area contributed by atoms with E-state index in [1.807, 2.05) is 9.47 Å². The van der Waals surface area contributed by atoms with Crippen molar-refractivity contribution in [1.82, 2.24) is 9.88 Å². The lowest BCUT2D eigenvalue weighted by Gasteiger charge is -2.25. The van der Waals surface area contributed by atoms with E-state index in [0.29, 0.717) is 41.0 Å². The van der Waals surface area contributed by atoms with E-state index >= 15 is 4.39 Å². The van der Waals surface area contributed by atoms with Crippen molar-refractivity contribution in [2.45, 2.75) is 37.8 Å². The van der Waals surface area contributed by atoms with E-state index in [0.717, 1.165) is 38.8 Å². The summed E-state index contributed by atoms with van der Waals surface area (Å²) in [5, 5.41) is 3.69. The van der Waals surface area contributed by atoms with Crippen LogP contribution < -0.4 is 20.4 Å². The quantitative estimate of drug-likeness (QED) is 0.389. The Hall–Kier alpha value is -3.52. The molecular weight excluding hydrogens is 476 g/mol. The van der Waals surface area contributed by atoms with Gasteiger partial charge < -0.3 is 19.5 Å². The Morgan fingerprint density at radius 3 is 2.62 bits per heavy atom. The summed E-state index contributed by atoms with van der Waals surface area (Å²) in [4.78, 5) is 28.6. The molecule has 192 valence electrons. The number of ketones is 1. The molecule has 3 aromatic rings. The van der Waals surface area contributed by atoms with Gasteiger partial charge in [0.25, 0.3) is 0 Å². The number of rotatable bonds is 6. The Balaban J connectivity index is 1.45. The number of anilines is 1. The normalized spacial score (nSPS) is 21.5. The van der Waals surface area contributed by atoms with E-state index in [4.69, 9.17) is 4.74 Å². The lowest BCUT2D eigenvalue weighted by Crippen LogP contribution is -2.40. The zero-order valence-corrected chi connectivity index (χ0v) is 20.7. The summed E-state index contributed by atoms with van der Waals surface area (Å²) in [6.45, 7) is 2.39. The molecule has 1 N–H and O–H groups in total. The summed E-state index contributed by atoms with van der Waals surface area (Å²) in [5.41, 5.74) is 1.00. The number of hydrogen-bond acceptors (Lipinski definition) is 5. The highest BCUT2D eigenvalue weighted by Crippen LogP contribution is 2.45. The standard InChI is InChI=1S/C29H29F2N3O3/c1-37-29-26-21(13-23(31)27(29)33-14-18-3-2-12-32-24(18)16-33)28(36)22(15-34(26)20-9-10-20)25(35)11-6-17-4-7-19(30)8-5-17/h4-8,11,13,15,18,20,24,32H,2-3,9-10,12,14,16H2,1H3/b11-6+. The van der Waals surface area contributed by atoms with E-state index in [-0.39, 0.29) is 22.8 Å². The van der Waals surface area contributed by atoms with Crippen LogP contribution in [0.15, 0.2) is 47.4 Å². The van der Waals surface area contributed by atoms with Crippen molar-refractivity contribution in [3.8, 4) is 5.75 Å². The Bertz CT molecular complexity index is 1450. The van der Waals surface area contributed by atoms with Crippen molar-refractivity contribution >= 4 is 28.4 Å². The second kappa shape index (κ2) is 9.41. The molecule has 0 bridgehead atoms. The summed E-state index contributed by atoms with van der Waals surface area (Å²) in [6, 6.07) is 7.40. The fourth-order valence-corrected chi connectivity index (χ4v) is 5.81. The molecule has 3 fully saturated rings. The number of benzene rings is 2. The molecule has 2 aromatic carbocycles. The summed E-state index contributed by atoms with van der Waals surface area (Å²) in [5.74, 6) is -0.576. The molecule has 6 rings (SSSR count). The zero-order valence-electron chi connectivity index (χ0n) is 20.7. The molecule has 6 nitrogen and oxygen atoms in total. The van der Waals surface area contributed by atoms with E-state index in [9.17, 15) is 14.0 Å². The van der Waals surface area contributed by atoms with Crippen LogP contribution in [0.4, 0.5) is 14.5 Å². The van der Waals surface area contributed by atoms with Gasteiger partial charge in [0.05, 0.1) is 23.6 Å². The minimum Gasteiger partial charge on any atom is -0.492 e. The number of nitrogens with one attached hydrogen (secondary N) is 1. The van der Waals surface area contributed by atoms with Crippen molar-refractivity contribution in [1.29, 1.82) is 0 Å². The smallest absolute Gasteiger partial charge is 0.200 e. The van der Waals surface area contributed by atoms with Gasteiger partial charge in [-0.15, -0.1) is 0 Å². The first-order valence-corrected chi connectivity index (χ1v) is 12.9. The number of aromatic nitrogens is 1. The number of methoxy groups -OCH3 is 1. The number of hydrogen-bond donors (Lipinski definition) is 1. The lowest BCUT2D eigenvalue weighted by molar-refractivity contribution is 0.104. The minimum atomic E-state index is -0.527. The summed E-state index contributed by atoms with van der Waals surface area (Å²) >= 11 is 0. The molecule has 3 aliphatic rings. The first-order chi connectivity index (χ1) is 17.9. The maximum Gasteiger partial charge on any atom is 0.200 e. The molecule has 0 spiro atoms. The molecule has 8 heteroatoms. The van der Waals surface area contributed by atoms with E-state index in [1.165, 1.54) is 37.5 Å². The van der Waals surface area contributed by atoms with Crippen LogP contribution in [-0.4, -0.2) is 43.1 Å². The van der Waals surface area contributed by atoms with Crippen molar-refractivity contribution in [3.63, 3.8) is 0 Å². The molecule has 3 heterocycles. The largest absolute Gasteiger partial charge is 0.492 e. The van der Waals surface area contributed by atoms with Gasteiger partial charge in [0.1, 0.15) is 11.5 Å². The maximum absolute atomic E-state index is 15.7. The van der Waals surface area contributed by atoms with Crippen LogP contribution in [0.3, 0.4) is 0 Å². The lowest BCUT2D eigenvalue weighted by atomic mass is 9.94. The topological polar surface area (TPSA) is 63.6 Å². The van der Waals surface area contributed by atoms with E-state index in [1.54, 1.807) is 18.3 Å². The predicted molar refractivity (Wildman–Crippen MR) is 139 cm³/mol. The van der Waals surface area contributed by atoms with E-state index < -0.39 is 17.0 Å². The van der Waals surface area contributed by atoms with Gasteiger partial charge in [0.2, 0.25) is 5.43 Å². The number of piperidine rings is 1. The first-order valence-electron chi connectivity index (χ1n) is 12.9. The number of fused-ring (bicyclic) bond motifs is 2. The fourth-order valence-electron chi connectivity index (χ4n) is 5.81. The molecular formula is C29H29F2N3O3. The molecule has 0 amide bonds. The third-order valence-electron chi connectivity index (χ3n) is 7.82. The van der Waals surface area contributed by atoms with Crippen LogP contribution in [0.25, 0.3) is 17.0 Å². The van der Waals surface area contributed by atoms with Crippen LogP contribution in [-0.2, 0) is 0 Å². The third-order valence-corrected chi connectivity index (χ3v) is 7.82. The highest BCUT2D eigenvalue weighted by molar-refractivity contribution is 6.08. The number of carbonyl (C=O) groups excluding carboxylic acids is 1. The monoisotopic (exact) mass is 505 g/mol. The zero-order chi connectivity index (χ0) is 25.7. The van der Waals surface area contributed by atoms with Crippen LogP contribution >= 0.6 is 0 Å². The highest BCUT2D eigenvalue weighted by atomic mass is 19.1. The third kappa shape index (κ3) is 4.33. The van der Waals surface area contributed by atoms with Gasteiger partial charge in [-0.2, -0.15) is 0 Å². The average Bonchev–Trinajstić information content (AvgIpc) is 3.66. The minimum absolute atomic E-state index is 0.0247. The van der Waals surface area contributed by atoms with Gasteiger partial charge in [-0.3, -0.25) is 9.59 Å². The Kier molecular flexibility index (Phi) is 6.07. The Morgan fingerprint density at radius 2 is 1.92 bits per heavy atom. The van der Waals surface area contributed by atoms with Gasteiger partial charge in [-0.25, -0.2) is 8.78 Å². The first kappa shape index (κ1) is 23.9. The predicted octanol–water partition coefficient (Wildman–Crippen LogP) is 4.71. The SMILES string of the molecule is COc1c(N2CC3CCCNC3C2)c(F)cc2c(=O)c(C(=O)/C=C/c3ccc(F)cc3)cn(C3CC3)c12. The van der Waals surface area contributed by atoms with Gasteiger partial charge in [-0.1, -0.05) is 18.2 Å². The van der Waals surface area contributed by atoms with Crippen LogP contribution in [0.2, 0.25) is 0 Å². The Morgan fingerprint density at radius 1 is 1.14 bits per heavy atom. The van der Waals surface area contributed by atoms with Gasteiger partial charge >= 0.3 is 0 Å². The number of allylic oxidation sites excluding steroid dienone is 1. The van der Waals surface area contributed by atoms with Crippen molar-refractivity contribution in [3.05, 3.63) is 75.6 Å². The molecule has 1 saturated carbocycles. The molecule has 2 unspecified atom stereocenters. The molecule has 37 heavy (non-hydrogen) atoms. The molecule has 1 aliphatic carbocycles. The number of nitrogens with zero attached hydrogens (tertiary/aromatic N) is 2. The molecule has 0 radical (unpaired) electrons. The van der Waals surface area contributed by atoms with Crippen molar-refractivity contribution in [2.24, 2.45) is 5.92 Å². The second-order valence-corrected chi connectivity index (χ2v) is 10.3. The number of halogens is 2. The van der Waals surface area contributed by atoms with E-state index in [2.05, 4.69) is 5.32 Å². The molecule has 2 aliphatic heterocycles. The van der Waals surface area contributed by atoms with Gasteiger partial charge in [-0.05, 0) is 68.0 Å². The van der Waals surface area contributed by atoms with Crippen molar-refractivity contribution < 1.29 is 18.3 Å². The molecule has 2 atom stereocenters.